The van der Waals surface area contributed by atoms with Crippen molar-refractivity contribution in [3.05, 3.63) is 22.2 Å². The molecule has 1 amide bonds. The fraction of sp³-hybridized carbons (Fsp3) is 0.222. The molecule has 0 saturated heterocycles. The second kappa shape index (κ2) is 4.32. The van der Waals surface area contributed by atoms with E-state index in [1.807, 2.05) is 0 Å². The third-order valence-corrected chi connectivity index (χ3v) is 2.36. The van der Waals surface area contributed by atoms with E-state index in [1.165, 1.54) is 14.2 Å². The van der Waals surface area contributed by atoms with Crippen molar-refractivity contribution in [2.24, 2.45) is 5.73 Å². The smallest absolute Gasteiger partial charge is 0.252 e. The van der Waals surface area contributed by atoms with Gasteiger partial charge in [0, 0.05) is 6.07 Å². The highest BCUT2D eigenvalue weighted by Gasteiger charge is 2.13. The summed E-state index contributed by atoms with van der Waals surface area (Å²) >= 11 is 3.25. The first-order valence-electron chi connectivity index (χ1n) is 3.81. The van der Waals surface area contributed by atoms with Gasteiger partial charge in [-0.15, -0.1) is 0 Å². The number of primary amides is 1. The predicted octanol–water partition coefficient (Wildman–Crippen LogP) is 1.57. The summed E-state index contributed by atoms with van der Waals surface area (Å²) < 4.78 is 10.7. The molecule has 0 bridgehead atoms. The maximum Gasteiger partial charge on any atom is 0.252 e. The molecule has 0 heterocycles. The minimum atomic E-state index is -0.537. The SMILES string of the molecule is COc1cc(OC)c(C(N)=O)cc1Br. The van der Waals surface area contributed by atoms with Gasteiger partial charge in [-0.25, -0.2) is 0 Å². The molecule has 0 aliphatic rings. The van der Waals surface area contributed by atoms with Crippen molar-refractivity contribution in [3.8, 4) is 11.5 Å². The van der Waals surface area contributed by atoms with Crippen molar-refractivity contribution in [1.82, 2.24) is 0 Å². The van der Waals surface area contributed by atoms with Crippen LogP contribution < -0.4 is 15.2 Å². The standard InChI is InChI=1S/C9H10BrNO3/c1-13-7-4-8(14-2)6(10)3-5(7)9(11)12/h3-4H,1-2H3,(H2,11,12). The molecule has 1 aromatic rings. The van der Waals surface area contributed by atoms with Gasteiger partial charge < -0.3 is 15.2 Å². The Bertz CT molecular complexity index is 365. The Morgan fingerprint density at radius 3 is 2.29 bits per heavy atom. The molecule has 0 spiro atoms. The molecule has 4 nitrogen and oxygen atoms in total. The minimum absolute atomic E-state index is 0.320. The Balaban J connectivity index is 3.31. The van der Waals surface area contributed by atoms with Crippen LogP contribution in [0.3, 0.4) is 0 Å². The zero-order chi connectivity index (χ0) is 10.7. The Hall–Kier alpha value is -1.23. The average molecular weight is 260 g/mol. The van der Waals surface area contributed by atoms with E-state index >= 15 is 0 Å². The largest absolute Gasteiger partial charge is 0.496 e. The molecule has 0 radical (unpaired) electrons. The lowest BCUT2D eigenvalue weighted by molar-refractivity contribution is 0.0997. The third kappa shape index (κ3) is 1.98. The van der Waals surface area contributed by atoms with Crippen molar-refractivity contribution in [2.45, 2.75) is 0 Å². The molecule has 0 aromatic heterocycles. The van der Waals surface area contributed by atoms with Crippen molar-refractivity contribution in [3.63, 3.8) is 0 Å². The number of benzene rings is 1. The van der Waals surface area contributed by atoms with Crippen LogP contribution in [-0.2, 0) is 0 Å². The molecule has 14 heavy (non-hydrogen) atoms. The molecule has 2 N–H and O–H groups in total. The molecule has 1 aromatic carbocycles. The van der Waals surface area contributed by atoms with Gasteiger partial charge in [0.25, 0.3) is 5.91 Å². The van der Waals surface area contributed by atoms with Gasteiger partial charge in [-0.2, -0.15) is 0 Å². The Kier molecular flexibility index (Phi) is 3.35. The summed E-state index contributed by atoms with van der Waals surface area (Å²) in [6.45, 7) is 0. The van der Waals surface area contributed by atoms with Crippen LogP contribution in [0.15, 0.2) is 16.6 Å². The van der Waals surface area contributed by atoms with Crippen LogP contribution in [0.1, 0.15) is 10.4 Å². The van der Waals surface area contributed by atoms with Crippen molar-refractivity contribution < 1.29 is 14.3 Å². The van der Waals surface area contributed by atoms with Crippen LogP contribution in [-0.4, -0.2) is 20.1 Å². The quantitative estimate of drug-likeness (QED) is 0.897. The van der Waals surface area contributed by atoms with Crippen LogP contribution in [0.2, 0.25) is 0 Å². The summed E-state index contributed by atoms with van der Waals surface area (Å²) in [6.07, 6.45) is 0. The maximum absolute atomic E-state index is 11.0. The van der Waals surface area contributed by atoms with E-state index in [1.54, 1.807) is 12.1 Å². The molecule has 0 atom stereocenters. The molecule has 0 unspecified atom stereocenters. The Morgan fingerprint density at radius 2 is 1.86 bits per heavy atom. The van der Waals surface area contributed by atoms with Gasteiger partial charge in [-0.1, -0.05) is 0 Å². The first-order valence-corrected chi connectivity index (χ1v) is 4.60. The highest BCUT2D eigenvalue weighted by molar-refractivity contribution is 9.10. The summed E-state index contributed by atoms with van der Waals surface area (Å²) in [6, 6.07) is 3.17. The van der Waals surface area contributed by atoms with E-state index in [4.69, 9.17) is 15.2 Å². The number of carbonyl (C=O) groups is 1. The van der Waals surface area contributed by atoms with Gasteiger partial charge in [0.15, 0.2) is 0 Å². The molecule has 0 saturated carbocycles. The van der Waals surface area contributed by atoms with Crippen molar-refractivity contribution >= 4 is 21.8 Å². The second-order valence-corrected chi connectivity index (χ2v) is 3.41. The Labute approximate surface area is 90.1 Å². The van der Waals surface area contributed by atoms with Crippen LogP contribution in [0, 0.1) is 0 Å². The first-order chi connectivity index (χ1) is 6.60. The number of ether oxygens (including phenoxy) is 2. The van der Waals surface area contributed by atoms with E-state index in [9.17, 15) is 4.79 Å². The zero-order valence-corrected chi connectivity index (χ0v) is 9.42. The van der Waals surface area contributed by atoms with Gasteiger partial charge >= 0.3 is 0 Å². The average Bonchev–Trinajstić information content (AvgIpc) is 2.17. The van der Waals surface area contributed by atoms with Crippen LogP contribution in [0.25, 0.3) is 0 Å². The lowest BCUT2D eigenvalue weighted by Crippen LogP contribution is -2.12. The molecule has 76 valence electrons. The third-order valence-electron chi connectivity index (χ3n) is 1.74. The summed E-state index contributed by atoms with van der Waals surface area (Å²) in [7, 11) is 3.00. The highest BCUT2D eigenvalue weighted by Crippen LogP contribution is 2.32. The molecule has 0 aliphatic heterocycles. The summed E-state index contributed by atoms with van der Waals surface area (Å²) in [4.78, 5) is 11.0. The second-order valence-electron chi connectivity index (χ2n) is 2.55. The fourth-order valence-electron chi connectivity index (χ4n) is 1.05. The van der Waals surface area contributed by atoms with Gasteiger partial charge in [0.1, 0.15) is 11.5 Å². The summed E-state index contributed by atoms with van der Waals surface area (Å²) in [5, 5.41) is 0. The summed E-state index contributed by atoms with van der Waals surface area (Å²) in [5.74, 6) is 0.453. The number of rotatable bonds is 3. The van der Waals surface area contributed by atoms with Gasteiger partial charge in [0.2, 0.25) is 0 Å². The minimum Gasteiger partial charge on any atom is -0.496 e. The van der Waals surface area contributed by atoms with E-state index in [2.05, 4.69) is 15.9 Å². The lowest BCUT2D eigenvalue weighted by Gasteiger charge is -2.09. The number of hydrogen-bond acceptors (Lipinski definition) is 3. The van der Waals surface area contributed by atoms with E-state index in [0.717, 1.165) is 0 Å². The van der Waals surface area contributed by atoms with Crippen LogP contribution >= 0.6 is 15.9 Å². The van der Waals surface area contributed by atoms with Crippen LogP contribution in [0.4, 0.5) is 0 Å². The molecule has 0 aliphatic carbocycles. The summed E-state index contributed by atoms with van der Waals surface area (Å²) in [5.41, 5.74) is 5.49. The maximum atomic E-state index is 11.0. The molecule has 0 fully saturated rings. The van der Waals surface area contributed by atoms with Gasteiger partial charge in [-0.3, -0.25) is 4.79 Å². The topological polar surface area (TPSA) is 61.6 Å². The van der Waals surface area contributed by atoms with Crippen molar-refractivity contribution in [2.75, 3.05) is 14.2 Å². The van der Waals surface area contributed by atoms with E-state index in [0.29, 0.717) is 21.5 Å². The highest BCUT2D eigenvalue weighted by atomic mass is 79.9. The molecule has 5 heteroatoms. The zero-order valence-electron chi connectivity index (χ0n) is 7.83. The predicted molar refractivity (Wildman–Crippen MR) is 55.8 cm³/mol. The van der Waals surface area contributed by atoms with E-state index < -0.39 is 5.91 Å². The first kappa shape index (κ1) is 10.8. The number of amides is 1. The van der Waals surface area contributed by atoms with Gasteiger partial charge in [-0.05, 0) is 22.0 Å². The lowest BCUT2D eigenvalue weighted by atomic mass is 10.2. The number of methoxy groups -OCH3 is 2. The molecular weight excluding hydrogens is 250 g/mol. The van der Waals surface area contributed by atoms with Crippen LogP contribution in [0.5, 0.6) is 11.5 Å². The van der Waals surface area contributed by atoms with Gasteiger partial charge in [0.05, 0.1) is 24.3 Å². The van der Waals surface area contributed by atoms with Crippen molar-refractivity contribution in [1.29, 1.82) is 0 Å². The molecular formula is C9H10BrNO3. The van der Waals surface area contributed by atoms with E-state index in [-0.39, 0.29) is 0 Å². The number of hydrogen-bond donors (Lipinski definition) is 1. The Morgan fingerprint density at radius 1 is 1.29 bits per heavy atom. The molecule has 1 rings (SSSR count). The number of halogens is 1. The fourth-order valence-corrected chi connectivity index (χ4v) is 1.56. The number of carbonyl (C=O) groups excluding carboxylic acids is 1. The monoisotopic (exact) mass is 259 g/mol. The normalized spacial score (nSPS) is 9.64. The number of nitrogens with two attached hydrogens (primary N) is 1.